The zero-order valence-electron chi connectivity index (χ0n) is 8.56. The van der Waals surface area contributed by atoms with Gasteiger partial charge in [-0.05, 0) is 6.92 Å². The third-order valence-corrected chi connectivity index (χ3v) is 1.51. The van der Waals surface area contributed by atoms with Crippen molar-refractivity contribution >= 4 is 0 Å². The molecule has 4 atom stereocenters. The molecule has 0 rings (SSSR count). The molecule has 0 radical (unpaired) electrons. The molecule has 0 aliphatic carbocycles. The first kappa shape index (κ1) is 17.1. The number of aliphatic hydroxyl groups is 7. The molecule has 0 fully saturated rings. The molecule has 15 heavy (non-hydrogen) atoms. The van der Waals surface area contributed by atoms with Crippen LogP contribution in [0.4, 0.5) is 0 Å². The van der Waals surface area contributed by atoms with Gasteiger partial charge in [-0.25, -0.2) is 0 Å². The second-order valence-corrected chi connectivity index (χ2v) is 2.80. The van der Waals surface area contributed by atoms with Crippen LogP contribution in [0.3, 0.4) is 0 Å². The lowest BCUT2D eigenvalue weighted by molar-refractivity contribution is -0.123. The molecular weight excluding hydrogens is 208 g/mol. The Balaban J connectivity index is 0. The molecule has 0 aliphatic heterocycles. The summed E-state index contributed by atoms with van der Waals surface area (Å²) >= 11 is 0. The largest absolute Gasteiger partial charge is 0.397 e. The molecule has 0 saturated carbocycles. The predicted octanol–water partition coefficient (Wildman–Crippen LogP) is -3.59. The topological polar surface area (TPSA) is 142 Å². The minimum Gasteiger partial charge on any atom is -0.397 e. The fourth-order valence-electron chi connectivity index (χ4n) is 0.671. The van der Waals surface area contributed by atoms with E-state index in [1.54, 1.807) is 6.92 Å². The van der Waals surface area contributed by atoms with Crippen LogP contribution in [-0.4, -0.2) is 80.0 Å². The Kier molecular flexibility index (Phi) is 11.7. The minimum absolute atomic E-state index is 0.250. The molecule has 0 heterocycles. The first-order chi connectivity index (χ1) is 6.95. The zero-order valence-corrected chi connectivity index (χ0v) is 8.56. The zero-order chi connectivity index (χ0) is 12.4. The summed E-state index contributed by atoms with van der Waals surface area (Å²) in [6.45, 7) is 0.479. The highest BCUT2D eigenvalue weighted by Crippen LogP contribution is 2.03. The fraction of sp³-hybridized carbons (Fsp3) is 1.00. The molecule has 7 heteroatoms. The smallest absolute Gasteiger partial charge is 0.111 e. The van der Waals surface area contributed by atoms with Crippen molar-refractivity contribution in [2.24, 2.45) is 0 Å². The van der Waals surface area contributed by atoms with E-state index in [1.165, 1.54) is 0 Å². The van der Waals surface area contributed by atoms with Gasteiger partial charge in [0.15, 0.2) is 0 Å². The van der Waals surface area contributed by atoms with Crippen molar-refractivity contribution in [1.29, 1.82) is 0 Å². The standard InChI is InChI=1S/C6H14O6.C2H6O/c7-1-3(9)5(11)6(12)4(10)2-8;1-2-3/h3-12H,1-2H2;3H,2H2,1H3/t3-,4+,5+,6-;. The van der Waals surface area contributed by atoms with Gasteiger partial charge >= 0.3 is 0 Å². The summed E-state index contributed by atoms with van der Waals surface area (Å²) < 4.78 is 0. The molecule has 94 valence electrons. The molecule has 0 spiro atoms. The highest BCUT2D eigenvalue weighted by molar-refractivity contribution is 4.79. The van der Waals surface area contributed by atoms with Crippen LogP contribution in [0.15, 0.2) is 0 Å². The van der Waals surface area contributed by atoms with Crippen LogP contribution >= 0.6 is 0 Å². The maximum Gasteiger partial charge on any atom is 0.111 e. The Bertz CT molecular complexity index is 118. The third-order valence-electron chi connectivity index (χ3n) is 1.51. The van der Waals surface area contributed by atoms with Crippen LogP contribution in [0.25, 0.3) is 0 Å². The van der Waals surface area contributed by atoms with Gasteiger partial charge in [-0.2, -0.15) is 0 Å². The Morgan fingerprint density at radius 2 is 0.933 bits per heavy atom. The number of hydrogen-bond donors (Lipinski definition) is 7. The van der Waals surface area contributed by atoms with E-state index >= 15 is 0 Å². The highest BCUT2D eigenvalue weighted by atomic mass is 16.4. The Morgan fingerprint density at radius 1 is 0.733 bits per heavy atom. The SMILES string of the molecule is CCO.OC[C@@H](O)[C@H](O)[C@H](O)[C@@H](O)CO. The van der Waals surface area contributed by atoms with Crippen molar-refractivity contribution in [2.75, 3.05) is 19.8 Å². The van der Waals surface area contributed by atoms with Gasteiger partial charge < -0.3 is 35.7 Å². The van der Waals surface area contributed by atoms with Crippen molar-refractivity contribution < 1.29 is 35.7 Å². The van der Waals surface area contributed by atoms with Gasteiger partial charge in [0.1, 0.15) is 24.4 Å². The van der Waals surface area contributed by atoms with E-state index in [-0.39, 0.29) is 6.61 Å². The average Bonchev–Trinajstić information content (AvgIpc) is 2.25. The normalized spacial score (nSPS) is 18.4. The molecule has 0 saturated heterocycles. The van der Waals surface area contributed by atoms with Gasteiger partial charge in [-0.3, -0.25) is 0 Å². The first-order valence-electron chi connectivity index (χ1n) is 4.51. The molecule has 0 bridgehead atoms. The summed E-state index contributed by atoms with van der Waals surface area (Å²) in [6.07, 6.45) is -6.39. The Morgan fingerprint density at radius 3 is 1.07 bits per heavy atom. The van der Waals surface area contributed by atoms with E-state index in [9.17, 15) is 0 Å². The summed E-state index contributed by atoms with van der Waals surface area (Å²) in [5.41, 5.74) is 0. The molecule has 7 nitrogen and oxygen atoms in total. The number of aliphatic hydroxyl groups excluding tert-OH is 7. The lowest BCUT2D eigenvalue weighted by Gasteiger charge is -2.24. The van der Waals surface area contributed by atoms with Crippen LogP contribution in [0, 0.1) is 0 Å². The van der Waals surface area contributed by atoms with Crippen molar-refractivity contribution in [3.05, 3.63) is 0 Å². The number of rotatable bonds is 5. The second-order valence-electron chi connectivity index (χ2n) is 2.80. The first-order valence-corrected chi connectivity index (χ1v) is 4.51. The summed E-state index contributed by atoms with van der Waals surface area (Å²) in [5.74, 6) is 0. The number of hydrogen-bond acceptors (Lipinski definition) is 7. The van der Waals surface area contributed by atoms with E-state index in [0.717, 1.165) is 0 Å². The molecular formula is C8H20O7. The van der Waals surface area contributed by atoms with Crippen molar-refractivity contribution in [1.82, 2.24) is 0 Å². The Hall–Kier alpha value is -0.280. The summed E-state index contributed by atoms with van der Waals surface area (Å²) in [5, 5.41) is 59.7. The van der Waals surface area contributed by atoms with Gasteiger partial charge in [0, 0.05) is 6.61 Å². The van der Waals surface area contributed by atoms with E-state index in [4.69, 9.17) is 35.7 Å². The van der Waals surface area contributed by atoms with Crippen molar-refractivity contribution in [2.45, 2.75) is 31.3 Å². The molecule has 0 amide bonds. The van der Waals surface area contributed by atoms with E-state index in [2.05, 4.69) is 0 Å². The fourth-order valence-corrected chi connectivity index (χ4v) is 0.671. The van der Waals surface area contributed by atoms with Crippen LogP contribution < -0.4 is 0 Å². The van der Waals surface area contributed by atoms with E-state index in [1.807, 2.05) is 0 Å². The molecule has 0 aliphatic rings. The van der Waals surface area contributed by atoms with Crippen molar-refractivity contribution in [3.63, 3.8) is 0 Å². The summed E-state index contributed by atoms with van der Waals surface area (Å²) in [6, 6.07) is 0. The average molecular weight is 228 g/mol. The maximum absolute atomic E-state index is 8.96. The van der Waals surface area contributed by atoms with Gasteiger partial charge in [-0.15, -0.1) is 0 Å². The van der Waals surface area contributed by atoms with Crippen LogP contribution in [0.5, 0.6) is 0 Å². The second kappa shape index (κ2) is 10.2. The van der Waals surface area contributed by atoms with Crippen LogP contribution in [0.1, 0.15) is 6.92 Å². The van der Waals surface area contributed by atoms with Crippen molar-refractivity contribution in [3.8, 4) is 0 Å². The van der Waals surface area contributed by atoms with E-state index in [0.29, 0.717) is 0 Å². The highest BCUT2D eigenvalue weighted by Gasteiger charge is 2.29. The molecule has 7 N–H and O–H groups in total. The summed E-state index contributed by atoms with van der Waals surface area (Å²) in [7, 11) is 0. The monoisotopic (exact) mass is 228 g/mol. The molecule has 0 aromatic rings. The van der Waals surface area contributed by atoms with Gasteiger partial charge in [-0.1, -0.05) is 0 Å². The van der Waals surface area contributed by atoms with Gasteiger partial charge in [0.25, 0.3) is 0 Å². The van der Waals surface area contributed by atoms with Gasteiger partial charge in [0.2, 0.25) is 0 Å². The van der Waals surface area contributed by atoms with E-state index < -0.39 is 37.6 Å². The predicted molar refractivity (Wildman–Crippen MR) is 51.0 cm³/mol. The summed E-state index contributed by atoms with van der Waals surface area (Å²) in [4.78, 5) is 0. The maximum atomic E-state index is 8.96. The molecule has 0 unspecified atom stereocenters. The Labute approximate surface area is 87.9 Å². The minimum atomic E-state index is -1.67. The molecule has 0 aromatic heterocycles. The lowest BCUT2D eigenvalue weighted by Crippen LogP contribution is -2.46. The molecule has 0 aromatic carbocycles. The van der Waals surface area contributed by atoms with Crippen LogP contribution in [-0.2, 0) is 0 Å². The quantitative estimate of drug-likeness (QED) is 0.258. The third kappa shape index (κ3) is 7.63. The lowest BCUT2D eigenvalue weighted by atomic mass is 10.0. The van der Waals surface area contributed by atoms with Gasteiger partial charge in [0.05, 0.1) is 13.2 Å². The van der Waals surface area contributed by atoms with Crippen LogP contribution in [0.2, 0.25) is 0 Å².